The van der Waals surface area contributed by atoms with E-state index in [1.807, 2.05) is 38.1 Å². The average molecular weight is 340 g/mol. The number of carbonyl (C=O) groups excluding carboxylic acids is 2. The highest BCUT2D eigenvalue weighted by Crippen LogP contribution is 2.32. The number of nitrogens with one attached hydrogen (secondary N) is 2. The number of rotatable bonds is 4. The zero-order chi connectivity index (χ0) is 17.8. The largest absolute Gasteiger partial charge is 0.454 e. The molecule has 6 heteroatoms. The van der Waals surface area contributed by atoms with Crippen molar-refractivity contribution in [2.45, 2.75) is 26.3 Å². The maximum atomic E-state index is 12.1. The molecule has 1 heterocycles. The molecular weight excluding hydrogens is 320 g/mol. The summed E-state index contributed by atoms with van der Waals surface area (Å²) in [5.74, 6) is 0.193. The van der Waals surface area contributed by atoms with Crippen LogP contribution in [-0.4, -0.2) is 18.6 Å². The first-order chi connectivity index (χ1) is 12.0. The van der Waals surface area contributed by atoms with E-state index in [2.05, 4.69) is 10.6 Å². The molecule has 0 radical (unpaired) electrons. The molecule has 0 fully saturated rings. The lowest BCUT2D eigenvalue weighted by atomic mass is 10.0. The SMILES string of the molecule is CC(C)c1ccccc1NC(=O)C(=O)NCc1ccc2c(c1)OCO2. The second-order valence-corrected chi connectivity index (χ2v) is 6.07. The van der Waals surface area contributed by atoms with Gasteiger partial charge in [-0.05, 0) is 35.2 Å². The fraction of sp³-hybridized carbons (Fsp3) is 0.263. The Labute approximate surface area is 146 Å². The monoisotopic (exact) mass is 340 g/mol. The van der Waals surface area contributed by atoms with Crippen LogP contribution in [0, 0.1) is 0 Å². The van der Waals surface area contributed by atoms with Crippen LogP contribution in [0.2, 0.25) is 0 Å². The van der Waals surface area contributed by atoms with Gasteiger partial charge < -0.3 is 20.1 Å². The van der Waals surface area contributed by atoms with Gasteiger partial charge in [-0.2, -0.15) is 0 Å². The fourth-order valence-electron chi connectivity index (χ4n) is 2.61. The van der Waals surface area contributed by atoms with Crippen molar-refractivity contribution in [3.63, 3.8) is 0 Å². The Morgan fingerprint density at radius 3 is 2.60 bits per heavy atom. The molecule has 2 aromatic rings. The van der Waals surface area contributed by atoms with E-state index in [0.29, 0.717) is 17.2 Å². The van der Waals surface area contributed by atoms with Crippen molar-refractivity contribution in [2.75, 3.05) is 12.1 Å². The van der Waals surface area contributed by atoms with Crippen LogP contribution in [0.1, 0.15) is 30.9 Å². The molecule has 25 heavy (non-hydrogen) atoms. The molecule has 2 aromatic carbocycles. The topological polar surface area (TPSA) is 76.7 Å². The Morgan fingerprint density at radius 2 is 1.80 bits per heavy atom. The normalized spacial score (nSPS) is 12.1. The summed E-state index contributed by atoms with van der Waals surface area (Å²) in [6, 6.07) is 12.8. The lowest BCUT2D eigenvalue weighted by Crippen LogP contribution is -2.35. The zero-order valence-corrected chi connectivity index (χ0v) is 14.2. The Bertz CT molecular complexity index is 802. The van der Waals surface area contributed by atoms with Gasteiger partial charge in [-0.15, -0.1) is 0 Å². The van der Waals surface area contributed by atoms with Crippen molar-refractivity contribution < 1.29 is 19.1 Å². The Kier molecular flexibility index (Phi) is 4.88. The van der Waals surface area contributed by atoms with Gasteiger partial charge in [0.25, 0.3) is 0 Å². The summed E-state index contributed by atoms with van der Waals surface area (Å²) in [7, 11) is 0. The number of ether oxygens (including phenoxy) is 2. The maximum absolute atomic E-state index is 12.1. The van der Waals surface area contributed by atoms with Crippen molar-refractivity contribution in [3.05, 3.63) is 53.6 Å². The summed E-state index contributed by atoms with van der Waals surface area (Å²) < 4.78 is 10.5. The smallest absolute Gasteiger partial charge is 0.313 e. The minimum atomic E-state index is -0.686. The number of benzene rings is 2. The Balaban J connectivity index is 1.59. The first-order valence-corrected chi connectivity index (χ1v) is 8.11. The molecule has 130 valence electrons. The summed E-state index contributed by atoms with van der Waals surface area (Å²) in [5.41, 5.74) is 2.47. The molecule has 0 saturated carbocycles. The van der Waals surface area contributed by atoms with Gasteiger partial charge in [-0.25, -0.2) is 0 Å². The molecule has 2 N–H and O–H groups in total. The highest BCUT2D eigenvalue weighted by Gasteiger charge is 2.17. The molecule has 0 bridgehead atoms. The molecule has 3 rings (SSSR count). The molecule has 1 aliphatic heterocycles. The predicted octanol–water partition coefficient (Wildman–Crippen LogP) is 2.79. The number of hydrogen-bond acceptors (Lipinski definition) is 4. The minimum absolute atomic E-state index is 0.197. The van der Waals surface area contributed by atoms with Gasteiger partial charge in [0.1, 0.15) is 0 Å². The van der Waals surface area contributed by atoms with E-state index >= 15 is 0 Å². The van der Waals surface area contributed by atoms with Gasteiger partial charge in [0, 0.05) is 12.2 Å². The van der Waals surface area contributed by atoms with Crippen LogP contribution in [0.15, 0.2) is 42.5 Å². The van der Waals surface area contributed by atoms with E-state index in [1.54, 1.807) is 18.2 Å². The van der Waals surface area contributed by atoms with Crippen LogP contribution in [0.5, 0.6) is 11.5 Å². The van der Waals surface area contributed by atoms with Gasteiger partial charge in [0.15, 0.2) is 11.5 Å². The second kappa shape index (κ2) is 7.25. The molecular formula is C19H20N2O4. The summed E-state index contributed by atoms with van der Waals surface area (Å²) in [6.45, 7) is 4.49. The van der Waals surface area contributed by atoms with Crippen LogP contribution in [-0.2, 0) is 16.1 Å². The summed E-state index contributed by atoms with van der Waals surface area (Å²) in [4.78, 5) is 24.2. The molecule has 2 amide bonds. The fourth-order valence-corrected chi connectivity index (χ4v) is 2.61. The Morgan fingerprint density at radius 1 is 1.04 bits per heavy atom. The van der Waals surface area contributed by atoms with E-state index in [9.17, 15) is 9.59 Å². The lowest BCUT2D eigenvalue weighted by molar-refractivity contribution is -0.136. The highest BCUT2D eigenvalue weighted by atomic mass is 16.7. The number of fused-ring (bicyclic) bond motifs is 1. The van der Waals surface area contributed by atoms with Crippen molar-refractivity contribution >= 4 is 17.5 Å². The van der Waals surface area contributed by atoms with Crippen LogP contribution >= 0.6 is 0 Å². The maximum Gasteiger partial charge on any atom is 0.313 e. The van der Waals surface area contributed by atoms with Crippen LogP contribution in [0.25, 0.3) is 0 Å². The summed E-state index contributed by atoms with van der Waals surface area (Å²) in [5, 5.41) is 5.29. The van der Waals surface area contributed by atoms with Gasteiger partial charge in [0.05, 0.1) is 0 Å². The molecule has 1 aliphatic rings. The third-order valence-corrected chi connectivity index (χ3v) is 3.93. The van der Waals surface area contributed by atoms with E-state index in [0.717, 1.165) is 11.1 Å². The van der Waals surface area contributed by atoms with Crippen molar-refractivity contribution in [1.29, 1.82) is 0 Å². The average Bonchev–Trinajstić information content (AvgIpc) is 3.07. The highest BCUT2D eigenvalue weighted by molar-refractivity contribution is 6.39. The van der Waals surface area contributed by atoms with Gasteiger partial charge >= 0.3 is 11.8 Å². The van der Waals surface area contributed by atoms with Crippen LogP contribution < -0.4 is 20.1 Å². The van der Waals surface area contributed by atoms with Crippen molar-refractivity contribution in [2.24, 2.45) is 0 Å². The number of anilines is 1. The van der Waals surface area contributed by atoms with E-state index in [-0.39, 0.29) is 19.3 Å². The van der Waals surface area contributed by atoms with Gasteiger partial charge in [-0.1, -0.05) is 38.1 Å². The number of para-hydroxylation sites is 1. The standard InChI is InChI=1S/C19H20N2O4/c1-12(2)14-5-3-4-6-15(14)21-19(23)18(22)20-10-13-7-8-16-17(9-13)25-11-24-16/h3-9,12H,10-11H2,1-2H3,(H,20,22)(H,21,23). The number of amides is 2. The quantitative estimate of drug-likeness (QED) is 0.839. The van der Waals surface area contributed by atoms with Crippen molar-refractivity contribution in [1.82, 2.24) is 5.32 Å². The van der Waals surface area contributed by atoms with E-state index in [4.69, 9.17) is 9.47 Å². The number of hydrogen-bond donors (Lipinski definition) is 2. The molecule has 0 aliphatic carbocycles. The van der Waals surface area contributed by atoms with E-state index in [1.165, 1.54) is 0 Å². The number of carbonyl (C=O) groups is 2. The Hall–Kier alpha value is -3.02. The molecule has 0 spiro atoms. The van der Waals surface area contributed by atoms with E-state index < -0.39 is 11.8 Å². The zero-order valence-electron chi connectivity index (χ0n) is 14.2. The minimum Gasteiger partial charge on any atom is -0.454 e. The summed E-state index contributed by atoms with van der Waals surface area (Å²) in [6.07, 6.45) is 0. The van der Waals surface area contributed by atoms with Crippen LogP contribution in [0.4, 0.5) is 5.69 Å². The first kappa shape index (κ1) is 16.8. The van der Waals surface area contributed by atoms with Gasteiger partial charge in [-0.3, -0.25) is 9.59 Å². The molecule has 0 unspecified atom stereocenters. The molecule has 0 aromatic heterocycles. The van der Waals surface area contributed by atoms with Crippen LogP contribution in [0.3, 0.4) is 0 Å². The second-order valence-electron chi connectivity index (χ2n) is 6.07. The van der Waals surface area contributed by atoms with Crippen molar-refractivity contribution in [3.8, 4) is 11.5 Å². The molecule has 0 atom stereocenters. The third kappa shape index (κ3) is 3.91. The molecule has 6 nitrogen and oxygen atoms in total. The van der Waals surface area contributed by atoms with Gasteiger partial charge in [0.2, 0.25) is 6.79 Å². The lowest BCUT2D eigenvalue weighted by Gasteiger charge is -2.13. The summed E-state index contributed by atoms with van der Waals surface area (Å²) >= 11 is 0. The predicted molar refractivity (Wildman–Crippen MR) is 93.6 cm³/mol. The first-order valence-electron chi connectivity index (χ1n) is 8.11. The molecule has 0 saturated heterocycles. The third-order valence-electron chi connectivity index (χ3n) is 3.93.